The van der Waals surface area contributed by atoms with Gasteiger partial charge in [0.25, 0.3) is 5.91 Å². The molecule has 1 unspecified atom stereocenters. The molecule has 1 fully saturated rings. The monoisotopic (exact) mass is 245 g/mol. The number of rotatable bonds is 1. The minimum absolute atomic E-state index is 0.00745. The minimum Gasteiger partial charge on any atom is -0.272 e. The van der Waals surface area contributed by atoms with Gasteiger partial charge in [0.1, 0.15) is 0 Å². The van der Waals surface area contributed by atoms with Gasteiger partial charge in [-0.3, -0.25) is 9.63 Å². The topological polar surface area (TPSA) is 29.5 Å². The maximum absolute atomic E-state index is 12.5. The molecule has 0 bridgehead atoms. The van der Waals surface area contributed by atoms with Crippen molar-refractivity contribution in [2.45, 2.75) is 38.0 Å². The Hall–Kier alpha value is -1.35. The Labute approximate surface area is 108 Å². The van der Waals surface area contributed by atoms with Gasteiger partial charge in [0.2, 0.25) is 0 Å². The van der Waals surface area contributed by atoms with Gasteiger partial charge in [0.15, 0.2) is 0 Å². The number of fused-ring (bicyclic) bond motifs is 1. The lowest BCUT2D eigenvalue weighted by Crippen LogP contribution is -2.39. The predicted molar refractivity (Wildman–Crippen MR) is 69.0 cm³/mol. The van der Waals surface area contributed by atoms with Crippen LogP contribution in [0.15, 0.2) is 24.3 Å². The quantitative estimate of drug-likeness (QED) is 0.761. The van der Waals surface area contributed by atoms with E-state index in [2.05, 4.69) is 18.2 Å². The standard InChI is InChI=1S/C15H19NO2/c17-15(16-10-3-4-11-18-16)14-9-5-7-12-6-1-2-8-13(12)14/h1-2,6,8,14H,3-5,7,9-11H2. The summed E-state index contributed by atoms with van der Waals surface area (Å²) in [6, 6.07) is 8.33. The van der Waals surface area contributed by atoms with Crippen molar-refractivity contribution in [3.8, 4) is 0 Å². The number of benzene rings is 1. The van der Waals surface area contributed by atoms with Crippen LogP contribution in [-0.2, 0) is 16.1 Å². The van der Waals surface area contributed by atoms with Crippen LogP contribution in [0.3, 0.4) is 0 Å². The lowest BCUT2D eigenvalue weighted by molar-refractivity contribution is -0.199. The van der Waals surface area contributed by atoms with Crippen molar-refractivity contribution in [3.05, 3.63) is 35.4 Å². The van der Waals surface area contributed by atoms with E-state index < -0.39 is 0 Å². The molecule has 1 aliphatic heterocycles. The van der Waals surface area contributed by atoms with Crippen LogP contribution in [0.1, 0.15) is 42.7 Å². The molecule has 0 spiro atoms. The Morgan fingerprint density at radius 2 is 2.11 bits per heavy atom. The fourth-order valence-corrected chi connectivity index (χ4v) is 2.95. The second kappa shape index (κ2) is 5.11. The largest absolute Gasteiger partial charge is 0.272 e. The molecule has 0 aromatic heterocycles. The molecule has 1 aromatic rings. The van der Waals surface area contributed by atoms with Crippen molar-refractivity contribution in [1.82, 2.24) is 5.06 Å². The van der Waals surface area contributed by atoms with Crippen LogP contribution in [0, 0.1) is 0 Å². The minimum atomic E-state index is 0.00745. The number of amides is 1. The molecule has 1 aromatic carbocycles. The molecule has 3 nitrogen and oxygen atoms in total. The highest BCUT2D eigenvalue weighted by atomic mass is 16.7. The molecule has 3 rings (SSSR count). The van der Waals surface area contributed by atoms with Gasteiger partial charge in [-0.15, -0.1) is 0 Å². The van der Waals surface area contributed by atoms with E-state index in [0.29, 0.717) is 6.61 Å². The highest BCUT2D eigenvalue weighted by Crippen LogP contribution is 2.33. The number of hydrogen-bond acceptors (Lipinski definition) is 2. The molecule has 3 heteroatoms. The Morgan fingerprint density at radius 3 is 2.94 bits per heavy atom. The number of aryl methyl sites for hydroxylation is 1. The van der Waals surface area contributed by atoms with Crippen LogP contribution in [-0.4, -0.2) is 24.1 Å². The zero-order valence-electron chi connectivity index (χ0n) is 10.6. The van der Waals surface area contributed by atoms with E-state index in [1.54, 1.807) is 5.06 Å². The lowest BCUT2D eigenvalue weighted by Gasteiger charge is -2.32. The maximum Gasteiger partial charge on any atom is 0.253 e. The van der Waals surface area contributed by atoms with Crippen LogP contribution in [0.25, 0.3) is 0 Å². The van der Waals surface area contributed by atoms with E-state index in [-0.39, 0.29) is 11.8 Å². The smallest absolute Gasteiger partial charge is 0.253 e. The van der Waals surface area contributed by atoms with Crippen molar-refractivity contribution >= 4 is 5.91 Å². The summed E-state index contributed by atoms with van der Waals surface area (Å²) < 4.78 is 0. The molecule has 1 heterocycles. The Kier molecular flexibility index (Phi) is 3.33. The summed E-state index contributed by atoms with van der Waals surface area (Å²) in [5.41, 5.74) is 2.54. The van der Waals surface area contributed by atoms with Gasteiger partial charge in [-0.25, -0.2) is 5.06 Å². The molecule has 2 aliphatic rings. The molecule has 1 atom stereocenters. The number of nitrogens with zero attached hydrogens (tertiary/aromatic N) is 1. The number of carbonyl (C=O) groups excluding carboxylic acids is 1. The maximum atomic E-state index is 12.5. The molecule has 0 radical (unpaired) electrons. The van der Waals surface area contributed by atoms with E-state index in [1.807, 2.05) is 6.07 Å². The Bertz CT molecular complexity index is 438. The van der Waals surface area contributed by atoms with Crippen molar-refractivity contribution in [2.24, 2.45) is 0 Å². The van der Waals surface area contributed by atoms with E-state index in [0.717, 1.165) is 38.6 Å². The van der Waals surface area contributed by atoms with Crippen LogP contribution >= 0.6 is 0 Å². The van der Waals surface area contributed by atoms with Crippen LogP contribution in [0.2, 0.25) is 0 Å². The summed E-state index contributed by atoms with van der Waals surface area (Å²) in [4.78, 5) is 18.0. The molecular weight excluding hydrogens is 226 g/mol. The SMILES string of the molecule is O=C(C1CCCc2ccccc21)N1CCCCO1. The van der Waals surface area contributed by atoms with Crippen LogP contribution in [0.5, 0.6) is 0 Å². The second-order valence-corrected chi connectivity index (χ2v) is 5.12. The zero-order chi connectivity index (χ0) is 12.4. The molecular formula is C15H19NO2. The summed E-state index contributed by atoms with van der Waals surface area (Å²) >= 11 is 0. The van der Waals surface area contributed by atoms with Crippen molar-refractivity contribution < 1.29 is 9.63 Å². The lowest BCUT2D eigenvalue weighted by atomic mass is 9.82. The first-order valence-corrected chi connectivity index (χ1v) is 6.88. The average molecular weight is 245 g/mol. The first kappa shape index (κ1) is 11.7. The average Bonchev–Trinajstić information content (AvgIpc) is 2.47. The highest BCUT2D eigenvalue weighted by molar-refractivity contribution is 5.83. The van der Waals surface area contributed by atoms with Gasteiger partial charge >= 0.3 is 0 Å². The summed E-state index contributed by atoms with van der Waals surface area (Å²) in [7, 11) is 0. The molecule has 0 N–H and O–H groups in total. The third-order valence-electron chi connectivity index (χ3n) is 3.92. The number of hydroxylamine groups is 2. The third-order valence-corrected chi connectivity index (χ3v) is 3.92. The molecule has 1 saturated heterocycles. The molecule has 1 amide bonds. The second-order valence-electron chi connectivity index (χ2n) is 5.12. The molecule has 0 saturated carbocycles. The summed E-state index contributed by atoms with van der Waals surface area (Å²) in [6.07, 6.45) is 5.27. The van der Waals surface area contributed by atoms with Gasteiger partial charge in [0.05, 0.1) is 12.5 Å². The summed E-state index contributed by atoms with van der Waals surface area (Å²) in [6.45, 7) is 1.43. The van der Waals surface area contributed by atoms with E-state index in [9.17, 15) is 4.79 Å². The van der Waals surface area contributed by atoms with Crippen LogP contribution < -0.4 is 0 Å². The summed E-state index contributed by atoms with van der Waals surface area (Å²) in [5, 5.41) is 1.59. The van der Waals surface area contributed by atoms with Crippen molar-refractivity contribution in [3.63, 3.8) is 0 Å². The first-order valence-electron chi connectivity index (χ1n) is 6.88. The van der Waals surface area contributed by atoms with Gasteiger partial charge < -0.3 is 0 Å². The van der Waals surface area contributed by atoms with Crippen molar-refractivity contribution in [1.29, 1.82) is 0 Å². The van der Waals surface area contributed by atoms with Gasteiger partial charge in [-0.2, -0.15) is 0 Å². The molecule has 1 aliphatic carbocycles. The predicted octanol–water partition coefficient (Wildman–Crippen LogP) is 2.66. The first-order chi connectivity index (χ1) is 8.86. The van der Waals surface area contributed by atoms with E-state index in [1.165, 1.54) is 11.1 Å². The number of carbonyl (C=O) groups is 1. The van der Waals surface area contributed by atoms with Gasteiger partial charge in [-0.05, 0) is 43.2 Å². The van der Waals surface area contributed by atoms with E-state index >= 15 is 0 Å². The number of hydrogen-bond donors (Lipinski definition) is 0. The zero-order valence-corrected chi connectivity index (χ0v) is 10.6. The fourth-order valence-electron chi connectivity index (χ4n) is 2.95. The Balaban J connectivity index is 1.82. The third kappa shape index (κ3) is 2.15. The molecule has 96 valence electrons. The molecule has 18 heavy (non-hydrogen) atoms. The summed E-state index contributed by atoms with van der Waals surface area (Å²) in [5.74, 6) is 0.162. The van der Waals surface area contributed by atoms with Gasteiger partial charge in [0, 0.05) is 6.54 Å². The van der Waals surface area contributed by atoms with Crippen molar-refractivity contribution in [2.75, 3.05) is 13.2 Å². The van der Waals surface area contributed by atoms with Crippen LogP contribution in [0.4, 0.5) is 0 Å². The van der Waals surface area contributed by atoms with E-state index in [4.69, 9.17) is 4.84 Å². The fraction of sp³-hybridized carbons (Fsp3) is 0.533. The van der Waals surface area contributed by atoms with Gasteiger partial charge in [-0.1, -0.05) is 24.3 Å². The Morgan fingerprint density at radius 1 is 1.22 bits per heavy atom. The highest BCUT2D eigenvalue weighted by Gasteiger charge is 2.31. The normalized spacial score (nSPS) is 23.6.